The van der Waals surface area contributed by atoms with E-state index in [0.29, 0.717) is 17.9 Å². The van der Waals surface area contributed by atoms with Crippen molar-refractivity contribution in [2.24, 2.45) is 0 Å². The van der Waals surface area contributed by atoms with Crippen LogP contribution in [-0.2, 0) is 11.2 Å². The zero-order chi connectivity index (χ0) is 20.7. The molecule has 152 valence electrons. The van der Waals surface area contributed by atoms with Gasteiger partial charge in [-0.1, -0.05) is 47.1 Å². The lowest BCUT2D eigenvalue weighted by molar-refractivity contribution is 0.0479. The van der Waals surface area contributed by atoms with Crippen LogP contribution in [0.25, 0.3) is 0 Å². The first-order valence-corrected chi connectivity index (χ1v) is 10.5. The predicted octanol–water partition coefficient (Wildman–Crippen LogP) is 5.62. The number of aliphatic hydroxyl groups excluding tert-OH is 1. The number of benzene rings is 2. The van der Waals surface area contributed by atoms with Crippen molar-refractivity contribution in [3.8, 4) is 0 Å². The summed E-state index contributed by atoms with van der Waals surface area (Å²) in [5.41, 5.74) is 1.64. The minimum atomic E-state index is -0.571. The Morgan fingerprint density at radius 1 is 1.21 bits per heavy atom. The fraction of sp³-hybridized carbons (Fsp3) is 0.409. The molecule has 0 radical (unpaired) electrons. The van der Waals surface area contributed by atoms with Crippen molar-refractivity contribution < 1.29 is 14.6 Å². The lowest BCUT2D eigenvalue weighted by Crippen LogP contribution is -2.41. The molecule has 2 rings (SSSR count). The molecule has 1 amide bonds. The Hall–Kier alpha value is -1.69. The third-order valence-electron chi connectivity index (χ3n) is 3.95. The van der Waals surface area contributed by atoms with Crippen molar-refractivity contribution in [1.82, 2.24) is 5.32 Å². The molecule has 0 saturated carbocycles. The normalized spacial score (nSPS) is 12.5. The standard InChI is InChI=1S/C22H28ClNO3S/c1-15-6-5-7-18(12-15)28-19-11-9-16(20(23)13-19)8-10-17(14-25)24-21(26)27-22(2,3)4/h5-7,9,11-13,17,25H,8,10,14H2,1-4H3,(H,24,26). The molecule has 0 aliphatic heterocycles. The van der Waals surface area contributed by atoms with E-state index >= 15 is 0 Å². The maximum absolute atomic E-state index is 11.9. The Labute approximate surface area is 176 Å². The van der Waals surface area contributed by atoms with E-state index in [0.717, 1.165) is 10.5 Å². The molecule has 0 spiro atoms. The minimum Gasteiger partial charge on any atom is -0.444 e. The van der Waals surface area contributed by atoms with E-state index in [1.807, 2.05) is 24.3 Å². The fourth-order valence-electron chi connectivity index (χ4n) is 2.62. The summed E-state index contributed by atoms with van der Waals surface area (Å²) in [5.74, 6) is 0. The third-order valence-corrected chi connectivity index (χ3v) is 5.28. The molecule has 2 N–H and O–H groups in total. The molecule has 0 aliphatic carbocycles. The third kappa shape index (κ3) is 7.74. The number of nitrogens with one attached hydrogen (secondary N) is 1. The van der Waals surface area contributed by atoms with Gasteiger partial charge < -0.3 is 15.2 Å². The Kier molecular flexibility index (Phi) is 8.23. The van der Waals surface area contributed by atoms with Crippen LogP contribution in [0.2, 0.25) is 5.02 Å². The summed E-state index contributed by atoms with van der Waals surface area (Å²) in [4.78, 5) is 14.1. The summed E-state index contributed by atoms with van der Waals surface area (Å²) in [6, 6.07) is 14.0. The number of hydrogen-bond acceptors (Lipinski definition) is 4. The Morgan fingerprint density at radius 2 is 1.93 bits per heavy atom. The van der Waals surface area contributed by atoms with E-state index in [1.54, 1.807) is 32.5 Å². The van der Waals surface area contributed by atoms with Crippen molar-refractivity contribution in [1.29, 1.82) is 0 Å². The molecule has 0 aromatic heterocycles. The van der Waals surface area contributed by atoms with Gasteiger partial charge in [0, 0.05) is 14.8 Å². The van der Waals surface area contributed by atoms with E-state index in [1.165, 1.54) is 10.5 Å². The highest BCUT2D eigenvalue weighted by molar-refractivity contribution is 7.99. The molecule has 6 heteroatoms. The lowest BCUT2D eigenvalue weighted by atomic mass is 10.1. The number of halogens is 1. The number of hydrogen-bond donors (Lipinski definition) is 2. The Bertz CT molecular complexity index is 805. The Balaban J connectivity index is 1.93. The molecule has 0 fully saturated rings. The molecular formula is C22H28ClNO3S. The minimum absolute atomic E-state index is 0.155. The summed E-state index contributed by atoms with van der Waals surface area (Å²) < 4.78 is 5.24. The van der Waals surface area contributed by atoms with Crippen molar-refractivity contribution in [2.45, 2.75) is 62.0 Å². The van der Waals surface area contributed by atoms with E-state index in [9.17, 15) is 9.90 Å². The van der Waals surface area contributed by atoms with Gasteiger partial charge in [0.1, 0.15) is 5.60 Å². The number of aliphatic hydroxyl groups is 1. The van der Waals surface area contributed by atoms with E-state index < -0.39 is 11.7 Å². The number of amides is 1. The van der Waals surface area contributed by atoms with Crippen LogP contribution in [0.3, 0.4) is 0 Å². The molecule has 28 heavy (non-hydrogen) atoms. The highest BCUT2D eigenvalue weighted by atomic mass is 35.5. The summed E-state index contributed by atoms with van der Waals surface area (Å²) in [7, 11) is 0. The largest absolute Gasteiger partial charge is 0.444 e. The molecule has 1 atom stereocenters. The predicted molar refractivity (Wildman–Crippen MR) is 115 cm³/mol. The monoisotopic (exact) mass is 421 g/mol. The number of carbonyl (C=O) groups is 1. The maximum atomic E-state index is 11.9. The average molecular weight is 422 g/mol. The molecule has 4 nitrogen and oxygen atoms in total. The van der Waals surface area contributed by atoms with Crippen LogP contribution >= 0.6 is 23.4 Å². The first-order chi connectivity index (χ1) is 13.2. The molecule has 1 unspecified atom stereocenters. The molecular weight excluding hydrogens is 394 g/mol. The molecule has 0 saturated heterocycles. The second-order valence-corrected chi connectivity index (χ2v) is 9.29. The second-order valence-electron chi connectivity index (χ2n) is 7.74. The highest BCUT2D eigenvalue weighted by Gasteiger charge is 2.19. The quantitative estimate of drug-likeness (QED) is 0.609. The van der Waals surface area contributed by atoms with Crippen molar-refractivity contribution >= 4 is 29.5 Å². The average Bonchev–Trinajstić information content (AvgIpc) is 2.58. The molecule has 0 heterocycles. The van der Waals surface area contributed by atoms with Gasteiger partial charge in [-0.05, 0) is 70.4 Å². The molecule has 2 aromatic carbocycles. The van der Waals surface area contributed by atoms with E-state index in [-0.39, 0.29) is 12.6 Å². The van der Waals surface area contributed by atoms with E-state index in [4.69, 9.17) is 16.3 Å². The summed E-state index contributed by atoms with van der Waals surface area (Å²) in [6.07, 6.45) is 0.692. The second kappa shape index (κ2) is 10.2. The van der Waals surface area contributed by atoms with Gasteiger partial charge in [0.25, 0.3) is 0 Å². The zero-order valence-corrected chi connectivity index (χ0v) is 18.4. The number of rotatable bonds is 7. The van der Waals surface area contributed by atoms with Gasteiger partial charge >= 0.3 is 6.09 Å². The molecule has 2 aromatic rings. The van der Waals surface area contributed by atoms with Crippen LogP contribution in [0.5, 0.6) is 0 Å². The van der Waals surface area contributed by atoms with Gasteiger partial charge in [-0.25, -0.2) is 4.79 Å². The summed E-state index contributed by atoms with van der Waals surface area (Å²) >= 11 is 8.13. The van der Waals surface area contributed by atoms with Gasteiger partial charge in [0.05, 0.1) is 12.6 Å². The van der Waals surface area contributed by atoms with Crippen molar-refractivity contribution in [3.05, 3.63) is 58.6 Å². The fourth-order valence-corrected chi connectivity index (χ4v) is 3.94. The SMILES string of the molecule is Cc1cccc(Sc2ccc(CCC(CO)NC(=O)OC(C)(C)C)c(Cl)c2)c1. The van der Waals surface area contributed by atoms with Crippen molar-refractivity contribution in [2.75, 3.05) is 6.61 Å². The summed E-state index contributed by atoms with van der Waals surface area (Å²) in [6.45, 7) is 7.32. The number of aryl methyl sites for hydroxylation is 2. The van der Waals surface area contributed by atoms with Crippen LogP contribution in [0, 0.1) is 6.92 Å². The maximum Gasteiger partial charge on any atom is 0.407 e. The topological polar surface area (TPSA) is 58.6 Å². The van der Waals surface area contributed by atoms with Crippen LogP contribution < -0.4 is 5.32 Å². The van der Waals surface area contributed by atoms with E-state index in [2.05, 4.69) is 30.4 Å². The van der Waals surface area contributed by atoms with Gasteiger partial charge in [-0.3, -0.25) is 0 Å². The van der Waals surface area contributed by atoms with Crippen LogP contribution in [-0.4, -0.2) is 29.4 Å². The van der Waals surface area contributed by atoms with Gasteiger partial charge in [0.15, 0.2) is 0 Å². The zero-order valence-electron chi connectivity index (χ0n) is 16.8. The highest BCUT2D eigenvalue weighted by Crippen LogP contribution is 2.31. The molecule has 0 aliphatic rings. The number of carbonyl (C=O) groups excluding carboxylic acids is 1. The number of ether oxygens (including phenoxy) is 1. The van der Waals surface area contributed by atoms with Crippen molar-refractivity contribution in [3.63, 3.8) is 0 Å². The first-order valence-electron chi connectivity index (χ1n) is 9.29. The van der Waals surface area contributed by atoms with Gasteiger partial charge in [-0.2, -0.15) is 0 Å². The molecule has 0 bridgehead atoms. The lowest BCUT2D eigenvalue weighted by Gasteiger charge is -2.22. The smallest absolute Gasteiger partial charge is 0.407 e. The van der Waals surface area contributed by atoms with Crippen LogP contribution in [0.1, 0.15) is 38.3 Å². The first kappa shape index (κ1) is 22.6. The van der Waals surface area contributed by atoms with Gasteiger partial charge in [0.2, 0.25) is 0 Å². The van der Waals surface area contributed by atoms with Crippen LogP contribution in [0.4, 0.5) is 4.79 Å². The van der Waals surface area contributed by atoms with Gasteiger partial charge in [-0.15, -0.1) is 0 Å². The summed E-state index contributed by atoms with van der Waals surface area (Å²) in [5, 5.41) is 12.9. The van der Waals surface area contributed by atoms with Crippen LogP contribution in [0.15, 0.2) is 52.3 Å². The Morgan fingerprint density at radius 3 is 2.54 bits per heavy atom. The number of alkyl carbamates (subject to hydrolysis) is 1.